The molecule has 1 heterocycles. The van der Waals surface area contributed by atoms with Gasteiger partial charge in [-0.15, -0.1) is 0 Å². The summed E-state index contributed by atoms with van der Waals surface area (Å²) < 4.78 is 0. The van der Waals surface area contributed by atoms with Crippen LogP contribution in [0.2, 0.25) is 0 Å². The van der Waals surface area contributed by atoms with Crippen LogP contribution in [0.1, 0.15) is 34.5 Å². The lowest BCUT2D eigenvalue weighted by Crippen LogP contribution is -2.23. The lowest BCUT2D eigenvalue weighted by molar-refractivity contribution is 0.0895. The van der Waals surface area contributed by atoms with Crippen molar-refractivity contribution in [2.75, 3.05) is 0 Å². The first-order valence-electron chi connectivity index (χ1n) is 6.86. The van der Waals surface area contributed by atoms with Crippen LogP contribution in [0.4, 0.5) is 0 Å². The van der Waals surface area contributed by atoms with Crippen LogP contribution in [-0.2, 0) is 12.8 Å². The van der Waals surface area contributed by atoms with Gasteiger partial charge in [-0.1, -0.05) is 30.3 Å². The number of hydrogen-bond donors (Lipinski definition) is 0. The molecule has 96 valence electrons. The van der Waals surface area contributed by atoms with Gasteiger partial charge in [-0.25, -0.2) is 0 Å². The summed E-state index contributed by atoms with van der Waals surface area (Å²) in [4.78, 5) is 16.7. The molecule has 0 fully saturated rings. The number of aromatic nitrogens is 1. The highest BCUT2D eigenvalue weighted by atomic mass is 16.1. The fourth-order valence-corrected chi connectivity index (χ4v) is 2.80. The zero-order valence-corrected chi connectivity index (χ0v) is 10.9. The number of pyridine rings is 1. The minimum atomic E-state index is 0.164. The van der Waals surface area contributed by atoms with E-state index in [0.29, 0.717) is 5.78 Å². The number of carbonyl (C=O) groups is 1. The molecule has 2 nitrogen and oxygen atoms in total. The molecule has 2 aromatic rings. The molecule has 1 aliphatic rings. The Labute approximate surface area is 113 Å². The smallest absolute Gasteiger partial charge is 0.166 e. The van der Waals surface area contributed by atoms with Crippen LogP contribution in [-0.4, -0.2) is 10.8 Å². The van der Waals surface area contributed by atoms with E-state index in [-0.39, 0.29) is 5.92 Å². The largest absolute Gasteiger partial charge is 0.294 e. The molecule has 0 radical (unpaired) electrons. The molecule has 1 aromatic carbocycles. The fraction of sp³-hybridized carbons (Fsp3) is 0.294. The molecule has 0 saturated heterocycles. The monoisotopic (exact) mass is 251 g/mol. The first kappa shape index (κ1) is 12.1. The van der Waals surface area contributed by atoms with Crippen LogP contribution in [0, 0.1) is 5.92 Å². The van der Waals surface area contributed by atoms with Gasteiger partial charge in [-0.2, -0.15) is 0 Å². The maximum absolute atomic E-state index is 12.4. The Hall–Kier alpha value is -1.96. The average Bonchev–Trinajstić information content (AvgIpc) is 2.48. The van der Waals surface area contributed by atoms with E-state index in [1.807, 2.05) is 42.6 Å². The lowest BCUT2D eigenvalue weighted by atomic mass is 9.80. The molecule has 0 aliphatic heterocycles. The standard InChI is InChI=1S/C17H17NO/c19-17-14(10-11-15-6-3-4-12-18-15)9-8-13-5-1-2-7-16(13)17/h1-7,12,14H,8-11H2. The maximum atomic E-state index is 12.4. The summed E-state index contributed by atoms with van der Waals surface area (Å²) in [6, 6.07) is 14.0. The van der Waals surface area contributed by atoms with Crippen LogP contribution in [0.3, 0.4) is 0 Å². The maximum Gasteiger partial charge on any atom is 0.166 e. The third kappa shape index (κ3) is 2.58. The molecule has 19 heavy (non-hydrogen) atoms. The normalized spacial score (nSPS) is 18.1. The number of Topliss-reactive ketones (excluding diaryl/α,β-unsaturated/α-hetero) is 1. The van der Waals surface area contributed by atoms with E-state index >= 15 is 0 Å². The fourth-order valence-electron chi connectivity index (χ4n) is 2.80. The average molecular weight is 251 g/mol. The molecule has 1 aromatic heterocycles. The van der Waals surface area contributed by atoms with Crippen molar-refractivity contribution in [2.24, 2.45) is 5.92 Å². The predicted octanol–water partition coefficient (Wildman–Crippen LogP) is 3.46. The summed E-state index contributed by atoms with van der Waals surface area (Å²) >= 11 is 0. The molecular formula is C17H17NO. The highest BCUT2D eigenvalue weighted by Crippen LogP contribution is 2.28. The second-order valence-electron chi connectivity index (χ2n) is 5.12. The number of hydrogen-bond acceptors (Lipinski definition) is 2. The lowest BCUT2D eigenvalue weighted by Gasteiger charge is -2.23. The van der Waals surface area contributed by atoms with Crippen LogP contribution in [0.5, 0.6) is 0 Å². The molecule has 1 unspecified atom stereocenters. The van der Waals surface area contributed by atoms with Crippen LogP contribution in [0.15, 0.2) is 48.7 Å². The van der Waals surface area contributed by atoms with E-state index in [1.54, 1.807) is 0 Å². The SMILES string of the molecule is O=C1c2ccccc2CCC1CCc1ccccn1. The highest BCUT2D eigenvalue weighted by molar-refractivity contribution is 6.00. The van der Waals surface area contributed by atoms with E-state index in [0.717, 1.165) is 36.9 Å². The molecule has 0 bridgehead atoms. The molecule has 1 aliphatic carbocycles. The van der Waals surface area contributed by atoms with Crippen molar-refractivity contribution in [1.29, 1.82) is 0 Å². The molecule has 3 rings (SSSR count). The van der Waals surface area contributed by atoms with E-state index < -0.39 is 0 Å². The number of aryl methyl sites for hydroxylation is 2. The van der Waals surface area contributed by atoms with Crippen molar-refractivity contribution in [2.45, 2.75) is 25.7 Å². The Bertz CT molecular complexity index is 577. The Morgan fingerprint density at radius 3 is 2.79 bits per heavy atom. The summed E-state index contributed by atoms with van der Waals surface area (Å²) in [5.41, 5.74) is 3.22. The molecule has 2 heteroatoms. The van der Waals surface area contributed by atoms with Crippen LogP contribution < -0.4 is 0 Å². The van der Waals surface area contributed by atoms with E-state index in [4.69, 9.17) is 0 Å². The molecular weight excluding hydrogens is 234 g/mol. The summed E-state index contributed by atoms with van der Waals surface area (Å²) in [6.45, 7) is 0. The first-order valence-corrected chi connectivity index (χ1v) is 6.86. The van der Waals surface area contributed by atoms with Gasteiger partial charge >= 0.3 is 0 Å². The zero-order chi connectivity index (χ0) is 13.1. The van der Waals surface area contributed by atoms with E-state index in [9.17, 15) is 4.79 Å². The van der Waals surface area contributed by atoms with Gasteiger partial charge in [0.15, 0.2) is 5.78 Å². The third-order valence-electron chi connectivity index (χ3n) is 3.89. The highest BCUT2D eigenvalue weighted by Gasteiger charge is 2.26. The number of carbonyl (C=O) groups excluding carboxylic acids is 1. The van der Waals surface area contributed by atoms with Crippen molar-refractivity contribution in [3.05, 3.63) is 65.5 Å². The Morgan fingerprint density at radius 2 is 1.95 bits per heavy atom. The van der Waals surface area contributed by atoms with E-state index in [1.165, 1.54) is 5.56 Å². The van der Waals surface area contributed by atoms with Crippen LogP contribution in [0.25, 0.3) is 0 Å². The topological polar surface area (TPSA) is 30.0 Å². The van der Waals surface area contributed by atoms with Gasteiger partial charge in [-0.3, -0.25) is 9.78 Å². The second-order valence-corrected chi connectivity index (χ2v) is 5.12. The van der Waals surface area contributed by atoms with E-state index in [2.05, 4.69) is 11.1 Å². The minimum absolute atomic E-state index is 0.164. The Kier molecular flexibility index (Phi) is 3.41. The van der Waals surface area contributed by atoms with Gasteiger partial charge < -0.3 is 0 Å². The summed E-state index contributed by atoms with van der Waals surface area (Å²) in [5.74, 6) is 0.481. The summed E-state index contributed by atoms with van der Waals surface area (Å²) in [6.07, 6.45) is 5.61. The molecule has 0 N–H and O–H groups in total. The molecule has 0 amide bonds. The van der Waals surface area contributed by atoms with Crippen molar-refractivity contribution in [1.82, 2.24) is 4.98 Å². The molecule has 0 spiro atoms. The van der Waals surface area contributed by atoms with Gasteiger partial charge in [0, 0.05) is 23.4 Å². The van der Waals surface area contributed by atoms with Gasteiger partial charge in [0.25, 0.3) is 0 Å². The van der Waals surface area contributed by atoms with Crippen molar-refractivity contribution < 1.29 is 4.79 Å². The zero-order valence-electron chi connectivity index (χ0n) is 10.9. The molecule has 0 saturated carbocycles. The summed E-state index contributed by atoms with van der Waals surface area (Å²) in [5, 5.41) is 0. The minimum Gasteiger partial charge on any atom is -0.294 e. The first-order chi connectivity index (χ1) is 9.34. The van der Waals surface area contributed by atoms with Crippen molar-refractivity contribution in [3.8, 4) is 0 Å². The second kappa shape index (κ2) is 5.35. The van der Waals surface area contributed by atoms with Crippen molar-refractivity contribution >= 4 is 5.78 Å². The number of benzene rings is 1. The molecule has 1 atom stereocenters. The number of nitrogens with zero attached hydrogens (tertiary/aromatic N) is 1. The Morgan fingerprint density at radius 1 is 1.11 bits per heavy atom. The number of rotatable bonds is 3. The summed E-state index contributed by atoms with van der Waals surface area (Å²) in [7, 11) is 0. The van der Waals surface area contributed by atoms with Gasteiger partial charge in [0.1, 0.15) is 0 Å². The van der Waals surface area contributed by atoms with Crippen LogP contribution >= 0.6 is 0 Å². The number of fused-ring (bicyclic) bond motifs is 1. The number of ketones is 1. The van der Waals surface area contributed by atoms with Gasteiger partial charge in [0.05, 0.1) is 0 Å². The van der Waals surface area contributed by atoms with Crippen molar-refractivity contribution in [3.63, 3.8) is 0 Å². The van der Waals surface area contributed by atoms with Gasteiger partial charge in [-0.05, 0) is 43.4 Å². The van der Waals surface area contributed by atoms with Gasteiger partial charge in [0.2, 0.25) is 0 Å². The third-order valence-corrected chi connectivity index (χ3v) is 3.89. The Balaban J connectivity index is 1.69. The quantitative estimate of drug-likeness (QED) is 0.836. The predicted molar refractivity (Wildman–Crippen MR) is 75.1 cm³/mol.